The largest absolute Gasteiger partial charge is 0.464 e. The van der Waals surface area contributed by atoms with Gasteiger partial charge >= 0.3 is 5.97 Å². The normalized spacial score (nSPS) is 14.6. The van der Waals surface area contributed by atoms with E-state index in [1.807, 2.05) is 22.9 Å². The first-order valence-electron chi connectivity index (χ1n) is 9.95. The van der Waals surface area contributed by atoms with Gasteiger partial charge in [-0.25, -0.2) is 9.18 Å². The Hall–Kier alpha value is -3.03. The number of benzene rings is 1. The first-order chi connectivity index (χ1) is 14.7. The first-order valence-corrected chi connectivity index (χ1v) is 9.95. The summed E-state index contributed by atoms with van der Waals surface area (Å²) in [5, 5.41) is 0. The zero-order chi connectivity index (χ0) is 20.9. The smallest absolute Gasteiger partial charge is 0.355 e. The first kappa shape index (κ1) is 20.3. The van der Waals surface area contributed by atoms with E-state index in [1.54, 1.807) is 24.5 Å². The number of esters is 1. The Morgan fingerprint density at radius 1 is 1.07 bits per heavy atom. The monoisotopic (exact) mass is 409 g/mol. The number of ether oxygens (including phenoxy) is 2. The molecule has 1 saturated heterocycles. The van der Waals surface area contributed by atoms with Gasteiger partial charge in [0.05, 0.1) is 20.3 Å². The van der Waals surface area contributed by atoms with Crippen LogP contribution < -0.4 is 0 Å². The molecule has 4 rings (SSSR count). The summed E-state index contributed by atoms with van der Waals surface area (Å²) in [4.78, 5) is 19.2. The van der Waals surface area contributed by atoms with Crippen molar-refractivity contribution in [3.8, 4) is 22.3 Å². The molecule has 0 N–H and O–H groups in total. The Morgan fingerprint density at radius 2 is 1.77 bits per heavy atom. The molecule has 1 aliphatic rings. The molecule has 3 heterocycles. The van der Waals surface area contributed by atoms with E-state index in [0.717, 1.165) is 55.1 Å². The van der Waals surface area contributed by atoms with Gasteiger partial charge in [0, 0.05) is 55.9 Å². The maximum absolute atomic E-state index is 13.6. The highest BCUT2D eigenvalue weighted by molar-refractivity contribution is 6.01. The van der Waals surface area contributed by atoms with Crippen molar-refractivity contribution in [2.45, 2.75) is 6.54 Å². The van der Waals surface area contributed by atoms with E-state index >= 15 is 0 Å². The predicted octanol–water partition coefficient (Wildman–Crippen LogP) is 3.48. The van der Waals surface area contributed by atoms with Crippen LogP contribution in [0.15, 0.2) is 55.0 Å². The minimum absolute atomic E-state index is 0.324. The van der Waals surface area contributed by atoms with E-state index in [-0.39, 0.29) is 5.82 Å². The molecule has 0 atom stereocenters. The van der Waals surface area contributed by atoms with Crippen molar-refractivity contribution in [3.63, 3.8) is 0 Å². The van der Waals surface area contributed by atoms with Crippen molar-refractivity contribution in [2.24, 2.45) is 0 Å². The fraction of sp³-hybridized carbons (Fsp3) is 0.304. The van der Waals surface area contributed by atoms with Crippen molar-refractivity contribution in [1.29, 1.82) is 0 Å². The Bertz CT molecular complexity index is 997. The molecule has 0 radical (unpaired) electrons. The van der Waals surface area contributed by atoms with Crippen LogP contribution >= 0.6 is 0 Å². The van der Waals surface area contributed by atoms with Crippen LogP contribution in [0.3, 0.4) is 0 Å². The molecular formula is C23H24FN3O3. The number of morpholine rings is 1. The molecule has 1 fully saturated rings. The number of carbonyl (C=O) groups excluding carboxylic acids is 1. The zero-order valence-electron chi connectivity index (χ0n) is 16.9. The molecule has 0 saturated carbocycles. The minimum atomic E-state index is -0.420. The van der Waals surface area contributed by atoms with Crippen molar-refractivity contribution in [1.82, 2.24) is 14.5 Å². The molecular weight excluding hydrogens is 385 g/mol. The highest BCUT2D eigenvalue weighted by Gasteiger charge is 2.25. The molecule has 0 unspecified atom stereocenters. The van der Waals surface area contributed by atoms with E-state index < -0.39 is 5.97 Å². The SMILES string of the molecule is COC(=O)c1c(-c2ccc(F)cc2)c(-c2ccncc2)cn1CCN1CCOCC1. The molecule has 0 spiro atoms. The summed E-state index contributed by atoms with van der Waals surface area (Å²) in [5.41, 5.74) is 3.76. The molecule has 7 heteroatoms. The molecule has 30 heavy (non-hydrogen) atoms. The summed E-state index contributed by atoms with van der Waals surface area (Å²) in [6.07, 6.45) is 5.40. The molecule has 1 aliphatic heterocycles. The second kappa shape index (κ2) is 9.19. The molecule has 6 nitrogen and oxygen atoms in total. The lowest BCUT2D eigenvalue weighted by molar-refractivity contribution is 0.0360. The van der Waals surface area contributed by atoms with Crippen LogP contribution in [0.4, 0.5) is 4.39 Å². The Labute approximate surface area is 174 Å². The predicted molar refractivity (Wildman–Crippen MR) is 112 cm³/mol. The van der Waals surface area contributed by atoms with Gasteiger partial charge in [-0.2, -0.15) is 0 Å². The van der Waals surface area contributed by atoms with E-state index in [9.17, 15) is 9.18 Å². The van der Waals surface area contributed by atoms with Crippen molar-refractivity contribution in [2.75, 3.05) is 40.0 Å². The van der Waals surface area contributed by atoms with E-state index in [1.165, 1.54) is 19.2 Å². The van der Waals surface area contributed by atoms with Gasteiger partial charge in [0.1, 0.15) is 11.5 Å². The van der Waals surface area contributed by atoms with Crippen molar-refractivity contribution >= 4 is 5.97 Å². The van der Waals surface area contributed by atoms with Gasteiger partial charge in [-0.3, -0.25) is 9.88 Å². The quantitative estimate of drug-likeness (QED) is 0.584. The van der Waals surface area contributed by atoms with Gasteiger partial charge in [-0.05, 0) is 35.4 Å². The Morgan fingerprint density at radius 3 is 2.43 bits per heavy atom. The highest BCUT2D eigenvalue weighted by atomic mass is 19.1. The average molecular weight is 409 g/mol. The van der Waals surface area contributed by atoms with E-state index in [2.05, 4.69) is 9.88 Å². The van der Waals surface area contributed by atoms with Crippen LogP contribution in [-0.2, 0) is 16.0 Å². The van der Waals surface area contributed by atoms with Crippen molar-refractivity contribution in [3.05, 3.63) is 66.5 Å². The van der Waals surface area contributed by atoms with Gasteiger partial charge < -0.3 is 14.0 Å². The van der Waals surface area contributed by atoms with Crippen LogP contribution in [0.2, 0.25) is 0 Å². The minimum Gasteiger partial charge on any atom is -0.464 e. The molecule has 0 amide bonds. The third kappa shape index (κ3) is 4.27. The summed E-state index contributed by atoms with van der Waals surface area (Å²) in [6, 6.07) is 9.98. The van der Waals surface area contributed by atoms with Gasteiger partial charge in [0.2, 0.25) is 0 Å². The fourth-order valence-corrected chi connectivity index (χ4v) is 3.78. The summed E-state index contributed by atoms with van der Waals surface area (Å²) in [5.74, 6) is -0.743. The summed E-state index contributed by atoms with van der Waals surface area (Å²) in [6.45, 7) is 4.61. The van der Waals surface area contributed by atoms with Crippen LogP contribution in [-0.4, -0.2) is 60.4 Å². The lowest BCUT2D eigenvalue weighted by Gasteiger charge is -2.26. The van der Waals surface area contributed by atoms with Gasteiger partial charge in [-0.15, -0.1) is 0 Å². The third-order valence-corrected chi connectivity index (χ3v) is 5.34. The van der Waals surface area contributed by atoms with Gasteiger partial charge in [0.15, 0.2) is 0 Å². The lowest BCUT2D eigenvalue weighted by Crippen LogP contribution is -2.38. The Balaban J connectivity index is 1.80. The van der Waals surface area contributed by atoms with Crippen LogP contribution in [0, 0.1) is 5.82 Å². The fourth-order valence-electron chi connectivity index (χ4n) is 3.78. The number of nitrogens with zero attached hydrogens (tertiary/aromatic N) is 3. The number of hydrogen-bond donors (Lipinski definition) is 0. The van der Waals surface area contributed by atoms with Crippen LogP contribution in [0.1, 0.15) is 10.5 Å². The van der Waals surface area contributed by atoms with Crippen LogP contribution in [0.5, 0.6) is 0 Å². The molecule has 0 aliphatic carbocycles. The number of hydrogen-bond acceptors (Lipinski definition) is 5. The van der Waals surface area contributed by atoms with Gasteiger partial charge in [0.25, 0.3) is 0 Å². The summed E-state index contributed by atoms with van der Waals surface area (Å²) < 4.78 is 26.0. The second-order valence-corrected chi connectivity index (χ2v) is 7.15. The number of halogens is 1. The van der Waals surface area contributed by atoms with Crippen LogP contribution in [0.25, 0.3) is 22.3 Å². The average Bonchev–Trinajstić information content (AvgIpc) is 3.18. The molecule has 156 valence electrons. The standard InChI is InChI=1S/C23H24FN3O3/c1-29-23(28)22-21(18-2-4-19(24)5-3-18)20(17-6-8-25-9-7-17)16-27(22)11-10-26-12-14-30-15-13-26/h2-9,16H,10-15H2,1H3. The number of rotatable bonds is 6. The maximum Gasteiger partial charge on any atom is 0.355 e. The molecule has 0 bridgehead atoms. The number of aromatic nitrogens is 2. The number of carbonyl (C=O) groups is 1. The number of pyridine rings is 1. The summed E-state index contributed by atoms with van der Waals surface area (Å²) >= 11 is 0. The van der Waals surface area contributed by atoms with E-state index in [0.29, 0.717) is 12.2 Å². The highest BCUT2D eigenvalue weighted by Crippen LogP contribution is 2.37. The topological polar surface area (TPSA) is 56.6 Å². The maximum atomic E-state index is 13.6. The lowest BCUT2D eigenvalue weighted by atomic mass is 9.97. The second-order valence-electron chi connectivity index (χ2n) is 7.15. The van der Waals surface area contributed by atoms with Gasteiger partial charge in [-0.1, -0.05) is 12.1 Å². The molecule has 3 aromatic rings. The summed E-state index contributed by atoms with van der Waals surface area (Å²) in [7, 11) is 1.38. The zero-order valence-corrected chi connectivity index (χ0v) is 16.9. The van der Waals surface area contributed by atoms with Crippen molar-refractivity contribution < 1.29 is 18.7 Å². The van der Waals surface area contributed by atoms with E-state index in [4.69, 9.17) is 9.47 Å². The Kier molecular flexibility index (Phi) is 6.21. The third-order valence-electron chi connectivity index (χ3n) is 5.34. The number of methoxy groups -OCH3 is 1. The molecule has 1 aromatic carbocycles. The molecule has 2 aromatic heterocycles.